The maximum atomic E-state index is 6.15. The van der Waals surface area contributed by atoms with E-state index in [0.29, 0.717) is 17.5 Å². The molecular formula is C51H37N3O. The van der Waals surface area contributed by atoms with Crippen molar-refractivity contribution in [2.75, 3.05) is 0 Å². The molecule has 9 aromatic rings. The Bertz CT molecular complexity index is 2880. The first-order chi connectivity index (χ1) is 27.2. The molecule has 2 aliphatic carbocycles. The van der Waals surface area contributed by atoms with Crippen molar-refractivity contribution in [1.82, 2.24) is 15.0 Å². The van der Waals surface area contributed by atoms with Crippen molar-refractivity contribution in [1.29, 1.82) is 0 Å². The average molecular weight is 708 g/mol. The molecule has 2 heterocycles. The van der Waals surface area contributed by atoms with Crippen LogP contribution in [0.3, 0.4) is 0 Å². The summed E-state index contributed by atoms with van der Waals surface area (Å²) in [6, 6.07) is 58.2. The lowest BCUT2D eigenvalue weighted by Crippen LogP contribution is -2.28. The van der Waals surface area contributed by atoms with Gasteiger partial charge >= 0.3 is 0 Å². The van der Waals surface area contributed by atoms with E-state index < -0.39 is 0 Å². The summed E-state index contributed by atoms with van der Waals surface area (Å²) < 4.78 is 6.15. The third-order valence-electron chi connectivity index (χ3n) is 12.0. The van der Waals surface area contributed by atoms with Crippen molar-refractivity contribution in [3.8, 4) is 67.5 Å². The average Bonchev–Trinajstić information content (AvgIpc) is 3.76. The number of hydrogen-bond acceptors (Lipinski definition) is 4. The number of rotatable bonds is 5. The summed E-state index contributed by atoms with van der Waals surface area (Å²) in [4.78, 5) is 15.3. The molecule has 1 fully saturated rings. The zero-order valence-electron chi connectivity index (χ0n) is 30.4. The highest BCUT2D eigenvalue weighted by atomic mass is 16.3. The standard InChI is InChI=1S/C51H37N3O/c1-3-11-33(12-4-1)34-17-21-36(22-18-34)48-52-49(54-50(53-48)39-26-28-47-43(31-39)42-14-6-8-16-46(42)55-47)37-23-19-35(20-24-37)38-25-27-41-40-13-5-7-15-44(40)51(45(41)32-38)29-9-2-10-30-51/h1,3-8,11-28,31-32H,2,9-10,29-30H2. The Morgan fingerprint density at radius 2 is 0.891 bits per heavy atom. The normalized spacial score (nSPS) is 14.3. The van der Waals surface area contributed by atoms with Gasteiger partial charge in [0.2, 0.25) is 0 Å². The predicted octanol–water partition coefficient (Wildman–Crippen LogP) is 13.3. The number of fused-ring (bicyclic) bond motifs is 8. The van der Waals surface area contributed by atoms with Gasteiger partial charge in [-0.1, -0.05) is 153 Å². The molecule has 7 aromatic carbocycles. The van der Waals surface area contributed by atoms with Crippen molar-refractivity contribution in [2.45, 2.75) is 37.5 Å². The molecule has 1 spiro atoms. The molecule has 0 atom stereocenters. The first kappa shape index (κ1) is 31.8. The first-order valence-corrected chi connectivity index (χ1v) is 19.4. The highest BCUT2D eigenvalue weighted by Crippen LogP contribution is 2.56. The lowest BCUT2D eigenvalue weighted by Gasteiger charge is -2.36. The Balaban J connectivity index is 0.993. The lowest BCUT2D eigenvalue weighted by molar-refractivity contribution is 0.353. The minimum Gasteiger partial charge on any atom is -0.456 e. The van der Waals surface area contributed by atoms with Gasteiger partial charge in [0.05, 0.1) is 0 Å². The molecule has 4 nitrogen and oxygen atoms in total. The zero-order valence-corrected chi connectivity index (χ0v) is 30.4. The second-order valence-corrected chi connectivity index (χ2v) is 15.1. The van der Waals surface area contributed by atoms with Crippen LogP contribution in [-0.2, 0) is 5.41 Å². The van der Waals surface area contributed by atoms with Gasteiger partial charge in [0.15, 0.2) is 17.5 Å². The third kappa shape index (κ3) is 5.32. The van der Waals surface area contributed by atoms with E-state index in [4.69, 9.17) is 19.4 Å². The van der Waals surface area contributed by atoms with Gasteiger partial charge in [-0.2, -0.15) is 0 Å². The van der Waals surface area contributed by atoms with E-state index in [9.17, 15) is 0 Å². The maximum absolute atomic E-state index is 6.15. The highest BCUT2D eigenvalue weighted by molar-refractivity contribution is 6.06. The Morgan fingerprint density at radius 3 is 1.64 bits per heavy atom. The van der Waals surface area contributed by atoms with E-state index in [1.165, 1.54) is 71.0 Å². The molecule has 4 heteroatoms. The molecule has 0 aliphatic heterocycles. The fourth-order valence-corrected chi connectivity index (χ4v) is 9.21. The van der Waals surface area contributed by atoms with E-state index in [-0.39, 0.29) is 5.41 Å². The van der Waals surface area contributed by atoms with Crippen LogP contribution in [0, 0.1) is 0 Å². The minimum absolute atomic E-state index is 0.128. The van der Waals surface area contributed by atoms with Gasteiger partial charge in [-0.15, -0.1) is 0 Å². The second kappa shape index (κ2) is 12.7. The Kier molecular flexibility index (Phi) is 7.38. The first-order valence-electron chi connectivity index (χ1n) is 19.4. The molecule has 55 heavy (non-hydrogen) atoms. The van der Waals surface area contributed by atoms with Gasteiger partial charge in [-0.05, 0) is 87.7 Å². The van der Waals surface area contributed by atoms with Gasteiger partial charge in [0, 0.05) is 32.9 Å². The molecule has 2 aliphatic rings. The summed E-state index contributed by atoms with van der Waals surface area (Å²) in [6.45, 7) is 0. The van der Waals surface area contributed by atoms with Crippen LogP contribution in [0.4, 0.5) is 0 Å². The Morgan fingerprint density at radius 1 is 0.364 bits per heavy atom. The molecule has 0 N–H and O–H groups in total. The monoisotopic (exact) mass is 707 g/mol. The van der Waals surface area contributed by atoms with Gasteiger partial charge in [0.1, 0.15) is 11.2 Å². The van der Waals surface area contributed by atoms with Crippen LogP contribution in [0.25, 0.3) is 89.5 Å². The number of aromatic nitrogens is 3. The van der Waals surface area contributed by atoms with E-state index >= 15 is 0 Å². The molecule has 0 unspecified atom stereocenters. The van der Waals surface area contributed by atoms with Crippen molar-refractivity contribution < 1.29 is 4.42 Å². The van der Waals surface area contributed by atoms with E-state index in [2.05, 4.69) is 127 Å². The molecule has 0 bridgehead atoms. The zero-order chi connectivity index (χ0) is 36.3. The van der Waals surface area contributed by atoms with Crippen LogP contribution in [0.15, 0.2) is 168 Å². The van der Waals surface area contributed by atoms with E-state index in [0.717, 1.165) is 44.2 Å². The summed E-state index contributed by atoms with van der Waals surface area (Å²) in [5.41, 5.74) is 15.2. The smallest absolute Gasteiger partial charge is 0.164 e. The fourth-order valence-electron chi connectivity index (χ4n) is 9.21. The van der Waals surface area contributed by atoms with Crippen molar-refractivity contribution in [3.05, 3.63) is 175 Å². The second-order valence-electron chi connectivity index (χ2n) is 15.1. The lowest BCUT2D eigenvalue weighted by atomic mass is 9.67. The van der Waals surface area contributed by atoms with Crippen LogP contribution in [0.1, 0.15) is 43.2 Å². The number of hydrogen-bond donors (Lipinski definition) is 0. The molecule has 0 saturated heterocycles. The van der Waals surface area contributed by atoms with Crippen LogP contribution < -0.4 is 0 Å². The Hall–Kier alpha value is -6.65. The van der Waals surface area contributed by atoms with Crippen molar-refractivity contribution >= 4 is 21.9 Å². The van der Waals surface area contributed by atoms with Gasteiger partial charge < -0.3 is 4.42 Å². The largest absolute Gasteiger partial charge is 0.456 e. The fraction of sp³-hybridized carbons (Fsp3) is 0.118. The number of benzene rings is 7. The van der Waals surface area contributed by atoms with Crippen LogP contribution in [0.2, 0.25) is 0 Å². The molecule has 1 saturated carbocycles. The predicted molar refractivity (Wildman–Crippen MR) is 224 cm³/mol. The van der Waals surface area contributed by atoms with Crippen molar-refractivity contribution in [2.24, 2.45) is 0 Å². The molecular weight excluding hydrogens is 671 g/mol. The maximum Gasteiger partial charge on any atom is 0.164 e. The minimum atomic E-state index is 0.128. The number of nitrogens with zero attached hydrogens (tertiary/aromatic N) is 3. The van der Waals surface area contributed by atoms with Crippen LogP contribution >= 0.6 is 0 Å². The van der Waals surface area contributed by atoms with Gasteiger partial charge in [-0.3, -0.25) is 0 Å². The number of furan rings is 1. The SMILES string of the molecule is c1ccc(-c2ccc(-c3nc(-c4ccc(-c5ccc6c(c5)C5(CCCCC5)c5ccccc5-6)cc4)nc(-c4ccc5oc6ccccc6c5c4)n3)cc2)cc1. The summed E-state index contributed by atoms with van der Waals surface area (Å²) >= 11 is 0. The van der Waals surface area contributed by atoms with E-state index in [1.54, 1.807) is 0 Å². The topological polar surface area (TPSA) is 51.8 Å². The summed E-state index contributed by atoms with van der Waals surface area (Å²) in [7, 11) is 0. The van der Waals surface area contributed by atoms with E-state index in [1.807, 2.05) is 36.4 Å². The number of para-hydroxylation sites is 1. The Labute approximate surface area is 320 Å². The highest BCUT2D eigenvalue weighted by Gasteiger charge is 2.43. The quantitative estimate of drug-likeness (QED) is 0.179. The summed E-state index contributed by atoms with van der Waals surface area (Å²) in [5.74, 6) is 1.90. The van der Waals surface area contributed by atoms with Gasteiger partial charge in [0.25, 0.3) is 0 Å². The van der Waals surface area contributed by atoms with Gasteiger partial charge in [-0.25, -0.2) is 15.0 Å². The molecule has 262 valence electrons. The molecule has 2 aromatic heterocycles. The molecule has 0 amide bonds. The van der Waals surface area contributed by atoms with Crippen LogP contribution in [-0.4, -0.2) is 15.0 Å². The van der Waals surface area contributed by atoms with Crippen LogP contribution in [0.5, 0.6) is 0 Å². The van der Waals surface area contributed by atoms with Crippen molar-refractivity contribution in [3.63, 3.8) is 0 Å². The molecule has 11 rings (SSSR count). The molecule has 0 radical (unpaired) electrons. The summed E-state index contributed by atoms with van der Waals surface area (Å²) in [6.07, 6.45) is 6.34. The summed E-state index contributed by atoms with van der Waals surface area (Å²) in [5, 5.41) is 2.12. The third-order valence-corrected chi connectivity index (χ3v) is 12.0.